The van der Waals surface area contributed by atoms with Crippen molar-refractivity contribution in [2.75, 3.05) is 5.01 Å². The minimum absolute atomic E-state index is 0.133. The van der Waals surface area contributed by atoms with Crippen LogP contribution in [-0.2, 0) is 11.3 Å². The van der Waals surface area contributed by atoms with Gasteiger partial charge in [-0.05, 0) is 23.8 Å². The second kappa shape index (κ2) is 6.84. The largest absolute Gasteiger partial charge is 0.432 e. The van der Waals surface area contributed by atoms with E-state index in [0.717, 1.165) is 16.8 Å². The highest BCUT2D eigenvalue weighted by Gasteiger charge is 2.49. The summed E-state index contributed by atoms with van der Waals surface area (Å²) in [5, 5.41) is 4.26. The van der Waals surface area contributed by atoms with Crippen LogP contribution in [0.15, 0.2) is 65.0 Å². The van der Waals surface area contributed by atoms with Crippen molar-refractivity contribution in [1.82, 2.24) is 4.98 Å². The van der Waals surface area contributed by atoms with Crippen molar-refractivity contribution in [1.29, 1.82) is 0 Å². The molecule has 0 unspecified atom stereocenters. The third-order valence-corrected chi connectivity index (χ3v) is 3.52. The highest BCUT2D eigenvalue weighted by Crippen LogP contribution is 2.31. The number of rotatable bonds is 4. The summed E-state index contributed by atoms with van der Waals surface area (Å²) in [5.74, 6) is -2.34. The van der Waals surface area contributed by atoms with Crippen LogP contribution in [0.5, 0.6) is 0 Å². The third kappa shape index (κ3) is 3.73. The average molecular weight is 346 g/mol. The summed E-state index contributed by atoms with van der Waals surface area (Å²) in [7, 11) is 0. The molecule has 0 spiro atoms. The quantitative estimate of drug-likeness (QED) is 0.798. The second-order valence-electron chi connectivity index (χ2n) is 5.30. The van der Waals surface area contributed by atoms with Gasteiger partial charge in [0, 0.05) is 18.6 Å². The van der Waals surface area contributed by atoms with Gasteiger partial charge in [-0.25, -0.2) is 0 Å². The number of alkyl halides is 3. The van der Waals surface area contributed by atoms with Gasteiger partial charge < -0.3 is 0 Å². The first-order valence-corrected chi connectivity index (χ1v) is 7.40. The monoisotopic (exact) mass is 346 g/mol. The van der Waals surface area contributed by atoms with Crippen molar-refractivity contribution in [2.45, 2.75) is 12.7 Å². The summed E-state index contributed by atoms with van der Waals surface area (Å²) in [4.78, 5) is 20.3. The molecule has 0 saturated carbocycles. The van der Waals surface area contributed by atoms with E-state index in [1.165, 1.54) is 12.1 Å². The highest BCUT2D eigenvalue weighted by molar-refractivity contribution is 6.25. The summed E-state index contributed by atoms with van der Waals surface area (Å²) >= 11 is 0. The molecule has 2 heterocycles. The number of aliphatic imine (C=N–C) groups is 1. The lowest BCUT2D eigenvalue weighted by Gasteiger charge is -2.12. The van der Waals surface area contributed by atoms with Crippen LogP contribution in [0.3, 0.4) is 0 Å². The van der Waals surface area contributed by atoms with Crippen molar-refractivity contribution in [2.24, 2.45) is 16.0 Å². The van der Waals surface area contributed by atoms with Gasteiger partial charge in [-0.3, -0.25) is 14.8 Å². The average Bonchev–Trinajstić information content (AvgIpc) is 2.94. The van der Waals surface area contributed by atoms with E-state index in [4.69, 9.17) is 0 Å². The molecule has 1 aromatic heterocycles. The van der Waals surface area contributed by atoms with Gasteiger partial charge in [0.1, 0.15) is 5.92 Å². The normalized spacial score (nSPS) is 18.0. The van der Waals surface area contributed by atoms with Crippen LogP contribution < -0.4 is 5.01 Å². The number of amides is 1. The third-order valence-electron chi connectivity index (χ3n) is 3.52. The minimum atomic E-state index is -4.72. The summed E-state index contributed by atoms with van der Waals surface area (Å²) in [6.07, 6.45) is -0.572. The summed E-state index contributed by atoms with van der Waals surface area (Å²) in [6.45, 7) is 0.133. The maximum Gasteiger partial charge on any atom is 0.432 e. The van der Waals surface area contributed by atoms with Crippen LogP contribution in [0.4, 0.5) is 18.9 Å². The zero-order valence-electron chi connectivity index (χ0n) is 12.9. The van der Waals surface area contributed by atoms with E-state index >= 15 is 0 Å². The Bertz CT molecular complexity index is 804. The smallest absolute Gasteiger partial charge is 0.291 e. The van der Waals surface area contributed by atoms with E-state index in [0.29, 0.717) is 0 Å². The number of pyridine rings is 1. The van der Waals surface area contributed by atoms with E-state index < -0.39 is 23.7 Å². The molecule has 1 aliphatic heterocycles. The van der Waals surface area contributed by atoms with Crippen LogP contribution >= 0.6 is 0 Å². The Hall–Kier alpha value is -3.03. The number of hydrogen-bond acceptors (Lipinski definition) is 4. The summed E-state index contributed by atoms with van der Waals surface area (Å²) in [5.41, 5.74) is -0.164. The molecule has 2 aromatic rings. The Balaban J connectivity index is 1.84. The zero-order valence-corrected chi connectivity index (χ0v) is 12.9. The number of hydrogen-bond donors (Lipinski definition) is 0. The topological polar surface area (TPSA) is 57.9 Å². The number of halogens is 3. The standard InChI is InChI=1S/C17H13F3N4O/c18-17(19,20)15-14(11-22-10-12-5-4-8-21-9-12)16(25)24(23-15)13-6-2-1-3-7-13/h1-9,11,14H,10H2/t14-/m0/s1. The maximum atomic E-state index is 13.2. The number of benzene rings is 1. The van der Waals surface area contributed by atoms with Crippen molar-refractivity contribution in [3.8, 4) is 0 Å². The minimum Gasteiger partial charge on any atom is -0.291 e. The van der Waals surface area contributed by atoms with Gasteiger partial charge >= 0.3 is 6.18 Å². The first kappa shape index (κ1) is 16.8. The number of hydrazone groups is 1. The van der Waals surface area contributed by atoms with Crippen molar-refractivity contribution < 1.29 is 18.0 Å². The molecule has 25 heavy (non-hydrogen) atoms. The number of aromatic nitrogens is 1. The van der Waals surface area contributed by atoms with Crippen LogP contribution in [0, 0.1) is 5.92 Å². The number of anilines is 1. The molecule has 0 aliphatic carbocycles. The van der Waals surface area contributed by atoms with E-state index in [1.54, 1.807) is 42.7 Å². The molecular weight excluding hydrogens is 333 g/mol. The molecule has 0 saturated heterocycles. The number of para-hydroxylation sites is 1. The molecule has 1 atom stereocenters. The Morgan fingerprint density at radius 1 is 1.16 bits per heavy atom. The molecule has 1 amide bonds. The number of carbonyl (C=O) groups is 1. The zero-order chi connectivity index (χ0) is 17.9. The number of nitrogens with zero attached hydrogens (tertiary/aromatic N) is 4. The van der Waals surface area contributed by atoms with Crippen LogP contribution in [0.1, 0.15) is 5.56 Å². The van der Waals surface area contributed by atoms with Gasteiger partial charge in [0.15, 0.2) is 5.71 Å². The molecule has 1 aromatic carbocycles. The Labute approximate surface area is 141 Å². The van der Waals surface area contributed by atoms with Gasteiger partial charge in [-0.1, -0.05) is 24.3 Å². The SMILES string of the molecule is O=C1[C@@H](C=NCc2cccnc2)C(C(F)(F)F)=NN1c1ccccc1. The molecule has 8 heteroatoms. The summed E-state index contributed by atoms with van der Waals surface area (Å²) < 4.78 is 39.7. The summed E-state index contributed by atoms with van der Waals surface area (Å²) in [6, 6.07) is 11.4. The molecule has 1 aliphatic rings. The van der Waals surface area contributed by atoms with E-state index in [2.05, 4.69) is 15.1 Å². The first-order chi connectivity index (χ1) is 12.0. The highest BCUT2D eigenvalue weighted by atomic mass is 19.4. The van der Waals surface area contributed by atoms with Crippen molar-refractivity contribution >= 4 is 23.5 Å². The van der Waals surface area contributed by atoms with E-state index in [9.17, 15) is 18.0 Å². The lowest BCUT2D eigenvalue weighted by Crippen LogP contribution is -2.34. The van der Waals surface area contributed by atoms with Crippen molar-refractivity contribution in [3.63, 3.8) is 0 Å². The Kier molecular flexibility index (Phi) is 4.60. The van der Waals surface area contributed by atoms with Crippen LogP contribution in [-0.4, -0.2) is 29.0 Å². The molecule has 3 rings (SSSR count). The van der Waals surface area contributed by atoms with Gasteiger partial charge in [-0.15, -0.1) is 0 Å². The fourth-order valence-electron chi connectivity index (χ4n) is 2.34. The predicted molar refractivity (Wildman–Crippen MR) is 87.3 cm³/mol. The molecule has 0 fully saturated rings. The molecule has 0 radical (unpaired) electrons. The lowest BCUT2D eigenvalue weighted by molar-refractivity contribution is -0.119. The van der Waals surface area contributed by atoms with Crippen molar-refractivity contribution in [3.05, 3.63) is 60.4 Å². The molecule has 128 valence electrons. The van der Waals surface area contributed by atoms with Crippen LogP contribution in [0.2, 0.25) is 0 Å². The van der Waals surface area contributed by atoms with Gasteiger partial charge in [0.2, 0.25) is 0 Å². The van der Waals surface area contributed by atoms with Gasteiger partial charge in [-0.2, -0.15) is 23.3 Å². The van der Waals surface area contributed by atoms with E-state index in [1.807, 2.05) is 0 Å². The van der Waals surface area contributed by atoms with Gasteiger partial charge in [0.05, 0.1) is 12.2 Å². The Morgan fingerprint density at radius 3 is 2.56 bits per heavy atom. The Morgan fingerprint density at radius 2 is 1.92 bits per heavy atom. The van der Waals surface area contributed by atoms with Gasteiger partial charge in [0.25, 0.3) is 5.91 Å². The molecule has 0 N–H and O–H groups in total. The molecule has 5 nitrogen and oxygen atoms in total. The molecular formula is C17H13F3N4O. The fourth-order valence-corrected chi connectivity index (χ4v) is 2.34. The lowest BCUT2D eigenvalue weighted by atomic mass is 10.0. The first-order valence-electron chi connectivity index (χ1n) is 7.40. The second-order valence-corrected chi connectivity index (χ2v) is 5.30. The maximum absolute atomic E-state index is 13.2. The molecule has 0 bridgehead atoms. The predicted octanol–water partition coefficient (Wildman–Crippen LogP) is 3.23. The number of carbonyl (C=O) groups excluding carboxylic acids is 1. The van der Waals surface area contributed by atoms with E-state index in [-0.39, 0.29) is 12.2 Å². The fraction of sp³-hybridized carbons (Fsp3) is 0.176. The van der Waals surface area contributed by atoms with Crippen LogP contribution in [0.25, 0.3) is 0 Å².